The topological polar surface area (TPSA) is 34.1 Å². The van der Waals surface area contributed by atoms with E-state index in [9.17, 15) is 14.0 Å². The molecule has 0 saturated carbocycles. The third kappa shape index (κ3) is 3.44. The van der Waals surface area contributed by atoms with Crippen molar-refractivity contribution in [1.82, 2.24) is 0 Å². The highest BCUT2D eigenvalue weighted by atomic mass is 35.5. The summed E-state index contributed by atoms with van der Waals surface area (Å²) in [6.07, 6.45) is -1.77. The summed E-state index contributed by atoms with van der Waals surface area (Å²) in [5.74, 6) is -1.80. The van der Waals surface area contributed by atoms with E-state index in [1.807, 2.05) is 0 Å². The van der Waals surface area contributed by atoms with Crippen LogP contribution in [0.3, 0.4) is 0 Å². The minimum Gasteiger partial charge on any atom is -0.296 e. The maximum absolute atomic E-state index is 13.7. The van der Waals surface area contributed by atoms with Gasteiger partial charge in [0.05, 0.1) is 15.6 Å². The molecule has 6 heteroatoms. The van der Waals surface area contributed by atoms with Crippen LogP contribution in [0.25, 0.3) is 0 Å². The van der Waals surface area contributed by atoms with Gasteiger partial charge in [-0.05, 0) is 18.6 Å². The van der Waals surface area contributed by atoms with E-state index < -0.39 is 17.7 Å². The SMILES string of the molecule is CCCC(=O)C(F)C(=O)c1c(Cl)cc(Cl)cc1Cl. The Kier molecular flexibility index (Phi) is 5.57. The van der Waals surface area contributed by atoms with Crippen LogP contribution in [0.1, 0.15) is 30.1 Å². The standard InChI is InChI=1S/C12H10Cl3FO2/c1-2-3-9(17)11(16)12(18)10-7(14)4-6(13)5-8(10)15/h4-5,11H,2-3H2,1H3. The zero-order valence-corrected chi connectivity index (χ0v) is 11.7. The van der Waals surface area contributed by atoms with Gasteiger partial charge in [-0.15, -0.1) is 0 Å². The first-order chi connectivity index (χ1) is 8.38. The van der Waals surface area contributed by atoms with Crippen LogP contribution < -0.4 is 0 Å². The van der Waals surface area contributed by atoms with Crippen molar-refractivity contribution in [2.75, 3.05) is 0 Å². The zero-order valence-electron chi connectivity index (χ0n) is 9.47. The molecule has 1 unspecified atom stereocenters. The summed E-state index contributed by atoms with van der Waals surface area (Å²) in [6, 6.07) is 2.55. The first-order valence-electron chi connectivity index (χ1n) is 5.24. The summed E-state index contributed by atoms with van der Waals surface area (Å²) in [4.78, 5) is 23.1. The average Bonchev–Trinajstić information content (AvgIpc) is 2.26. The summed E-state index contributed by atoms with van der Waals surface area (Å²) in [5.41, 5.74) is -0.209. The van der Waals surface area contributed by atoms with Gasteiger partial charge in [0.15, 0.2) is 5.78 Å². The molecule has 1 aromatic carbocycles. The van der Waals surface area contributed by atoms with Crippen molar-refractivity contribution in [1.29, 1.82) is 0 Å². The number of carbonyl (C=O) groups is 2. The Morgan fingerprint density at radius 1 is 1.22 bits per heavy atom. The van der Waals surface area contributed by atoms with E-state index in [0.29, 0.717) is 6.42 Å². The van der Waals surface area contributed by atoms with E-state index >= 15 is 0 Å². The van der Waals surface area contributed by atoms with Gasteiger partial charge in [0.2, 0.25) is 12.0 Å². The van der Waals surface area contributed by atoms with Gasteiger partial charge in [-0.2, -0.15) is 0 Å². The molecule has 0 radical (unpaired) electrons. The van der Waals surface area contributed by atoms with Gasteiger partial charge >= 0.3 is 0 Å². The molecule has 1 atom stereocenters. The van der Waals surface area contributed by atoms with Crippen molar-refractivity contribution in [2.45, 2.75) is 25.9 Å². The minimum absolute atomic E-state index is 0.00423. The molecule has 0 amide bonds. The van der Waals surface area contributed by atoms with Crippen molar-refractivity contribution in [2.24, 2.45) is 0 Å². The van der Waals surface area contributed by atoms with E-state index in [-0.39, 0.29) is 27.1 Å². The highest BCUT2D eigenvalue weighted by Crippen LogP contribution is 2.30. The summed E-state index contributed by atoms with van der Waals surface area (Å²) in [6.45, 7) is 1.72. The van der Waals surface area contributed by atoms with Crippen LogP contribution in [-0.2, 0) is 4.79 Å². The second-order valence-corrected chi connectivity index (χ2v) is 4.94. The number of rotatable bonds is 5. The minimum atomic E-state index is -2.24. The fourth-order valence-electron chi connectivity index (χ4n) is 1.42. The second-order valence-electron chi connectivity index (χ2n) is 3.69. The summed E-state index contributed by atoms with van der Waals surface area (Å²) < 4.78 is 13.7. The number of halogens is 4. The third-order valence-corrected chi connectivity index (χ3v) is 3.08. The Bertz CT molecular complexity index is 465. The van der Waals surface area contributed by atoms with Crippen LogP contribution >= 0.6 is 34.8 Å². The molecule has 0 aliphatic rings. The van der Waals surface area contributed by atoms with Crippen molar-refractivity contribution >= 4 is 46.4 Å². The molecular formula is C12H10Cl3FO2. The van der Waals surface area contributed by atoms with Crippen molar-refractivity contribution in [3.05, 3.63) is 32.8 Å². The molecule has 0 aliphatic heterocycles. The third-order valence-electron chi connectivity index (χ3n) is 2.26. The molecule has 0 aliphatic carbocycles. The molecule has 1 aromatic rings. The fraction of sp³-hybridized carbons (Fsp3) is 0.333. The number of hydrogen-bond acceptors (Lipinski definition) is 2. The molecule has 98 valence electrons. The summed E-state index contributed by atoms with van der Waals surface area (Å²) in [7, 11) is 0. The molecule has 0 fully saturated rings. The van der Waals surface area contributed by atoms with Gasteiger partial charge in [0.25, 0.3) is 0 Å². The lowest BCUT2D eigenvalue weighted by atomic mass is 10.0. The van der Waals surface area contributed by atoms with Crippen LogP contribution in [0.4, 0.5) is 4.39 Å². The molecule has 0 saturated heterocycles. The van der Waals surface area contributed by atoms with Crippen LogP contribution in [0.5, 0.6) is 0 Å². The Morgan fingerprint density at radius 2 is 1.72 bits per heavy atom. The number of Topliss-reactive ketones (excluding diaryl/α,β-unsaturated/α-hetero) is 2. The summed E-state index contributed by atoms with van der Waals surface area (Å²) >= 11 is 17.3. The zero-order chi connectivity index (χ0) is 13.9. The normalized spacial score (nSPS) is 12.3. The molecule has 0 heterocycles. The largest absolute Gasteiger partial charge is 0.296 e. The maximum atomic E-state index is 13.7. The fourth-order valence-corrected chi connectivity index (χ4v) is 2.43. The van der Waals surface area contributed by atoms with E-state index in [1.54, 1.807) is 6.92 Å². The number of ketones is 2. The van der Waals surface area contributed by atoms with Gasteiger partial charge in [0, 0.05) is 11.4 Å². The second kappa shape index (κ2) is 6.50. The molecule has 0 spiro atoms. The highest BCUT2D eigenvalue weighted by molar-refractivity contribution is 6.43. The van der Waals surface area contributed by atoms with Gasteiger partial charge < -0.3 is 0 Å². The van der Waals surface area contributed by atoms with E-state index in [1.165, 1.54) is 12.1 Å². The van der Waals surface area contributed by atoms with Gasteiger partial charge in [-0.1, -0.05) is 41.7 Å². The lowest BCUT2D eigenvalue weighted by Crippen LogP contribution is -2.26. The van der Waals surface area contributed by atoms with E-state index in [4.69, 9.17) is 34.8 Å². The Hall–Kier alpha value is -0.640. The lowest BCUT2D eigenvalue weighted by Gasteiger charge is -2.09. The first-order valence-corrected chi connectivity index (χ1v) is 6.37. The van der Waals surface area contributed by atoms with Gasteiger partial charge in [-0.3, -0.25) is 9.59 Å². The molecular weight excluding hydrogens is 301 g/mol. The Morgan fingerprint density at radius 3 is 2.17 bits per heavy atom. The maximum Gasteiger partial charge on any atom is 0.220 e. The number of carbonyl (C=O) groups excluding carboxylic acids is 2. The smallest absolute Gasteiger partial charge is 0.220 e. The van der Waals surface area contributed by atoms with Crippen LogP contribution in [0.2, 0.25) is 15.1 Å². The van der Waals surface area contributed by atoms with Crippen LogP contribution in [-0.4, -0.2) is 17.7 Å². The van der Waals surface area contributed by atoms with Gasteiger partial charge in [-0.25, -0.2) is 4.39 Å². The average molecular weight is 312 g/mol. The highest BCUT2D eigenvalue weighted by Gasteiger charge is 2.29. The first kappa shape index (κ1) is 15.4. The molecule has 0 aromatic heterocycles. The summed E-state index contributed by atoms with van der Waals surface area (Å²) in [5, 5.41) is 0.103. The van der Waals surface area contributed by atoms with E-state index in [0.717, 1.165) is 0 Å². The molecule has 18 heavy (non-hydrogen) atoms. The number of benzene rings is 1. The van der Waals surface area contributed by atoms with Crippen molar-refractivity contribution in [3.8, 4) is 0 Å². The van der Waals surface area contributed by atoms with Gasteiger partial charge in [0.1, 0.15) is 0 Å². The molecule has 1 rings (SSSR count). The molecule has 0 bridgehead atoms. The molecule has 0 N–H and O–H groups in total. The molecule has 2 nitrogen and oxygen atoms in total. The quantitative estimate of drug-likeness (QED) is 0.591. The lowest BCUT2D eigenvalue weighted by molar-refractivity contribution is -0.122. The number of alkyl halides is 1. The van der Waals surface area contributed by atoms with Crippen molar-refractivity contribution in [3.63, 3.8) is 0 Å². The monoisotopic (exact) mass is 310 g/mol. The predicted molar refractivity (Wildman–Crippen MR) is 70.6 cm³/mol. The van der Waals surface area contributed by atoms with Crippen molar-refractivity contribution < 1.29 is 14.0 Å². The Balaban J connectivity index is 3.08. The predicted octanol–water partition coefficient (Wildman–Crippen LogP) is 4.54. The van der Waals surface area contributed by atoms with Crippen LogP contribution in [0.15, 0.2) is 12.1 Å². The Labute approximate surface area is 119 Å². The van der Waals surface area contributed by atoms with Crippen LogP contribution in [0, 0.1) is 0 Å². The number of hydrogen-bond donors (Lipinski definition) is 0. The van der Waals surface area contributed by atoms with E-state index in [2.05, 4.69) is 0 Å².